The summed E-state index contributed by atoms with van der Waals surface area (Å²) in [6.45, 7) is 2.05. The molecule has 4 nitrogen and oxygen atoms in total. The Hall–Kier alpha value is -1.36. The molecule has 1 aromatic rings. The number of hydrogen-bond donors (Lipinski definition) is 1. The molecule has 104 valence electrons. The van der Waals surface area contributed by atoms with Crippen LogP contribution >= 0.6 is 15.9 Å². The average Bonchev–Trinajstić information content (AvgIpc) is 2.36. The number of benzene rings is 1. The molecule has 1 N–H and O–H groups in total. The van der Waals surface area contributed by atoms with E-state index in [0.717, 1.165) is 22.2 Å². The van der Waals surface area contributed by atoms with Gasteiger partial charge in [0.05, 0.1) is 11.6 Å². The molecular weight excluding hydrogens is 310 g/mol. The second-order valence-electron chi connectivity index (χ2n) is 4.27. The van der Waals surface area contributed by atoms with Crippen molar-refractivity contribution in [3.63, 3.8) is 0 Å². The van der Waals surface area contributed by atoms with E-state index in [0.29, 0.717) is 13.0 Å². The fraction of sp³-hybridized carbons (Fsp3) is 0.429. The Morgan fingerprint density at radius 1 is 1.32 bits per heavy atom. The molecule has 0 bridgehead atoms. The van der Waals surface area contributed by atoms with Gasteiger partial charge in [0.1, 0.15) is 11.5 Å². The standard InChI is InChI=1S/C14H18BrNO3/c1-10(17)3-6-14(18)16-8-7-11-4-5-13(19-2)12(15)9-11/h4-5,9H,3,6-8H2,1-2H3,(H,16,18). The molecule has 0 spiro atoms. The number of hydrogen-bond acceptors (Lipinski definition) is 3. The highest BCUT2D eigenvalue weighted by Gasteiger charge is 2.04. The van der Waals surface area contributed by atoms with E-state index >= 15 is 0 Å². The van der Waals surface area contributed by atoms with Crippen LogP contribution in [0.4, 0.5) is 0 Å². The molecule has 0 heterocycles. The van der Waals surface area contributed by atoms with E-state index in [2.05, 4.69) is 21.2 Å². The Morgan fingerprint density at radius 2 is 2.05 bits per heavy atom. The molecule has 19 heavy (non-hydrogen) atoms. The fourth-order valence-electron chi connectivity index (χ4n) is 1.59. The SMILES string of the molecule is COc1ccc(CCNC(=O)CCC(C)=O)cc1Br. The van der Waals surface area contributed by atoms with Crippen molar-refractivity contribution in [2.24, 2.45) is 0 Å². The molecule has 1 aromatic carbocycles. The van der Waals surface area contributed by atoms with Gasteiger partial charge in [0.15, 0.2) is 0 Å². The van der Waals surface area contributed by atoms with Crippen LogP contribution in [0.15, 0.2) is 22.7 Å². The first-order chi connectivity index (χ1) is 9.02. The lowest BCUT2D eigenvalue weighted by Crippen LogP contribution is -2.25. The highest BCUT2D eigenvalue weighted by molar-refractivity contribution is 9.10. The second kappa shape index (κ2) is 7.94. The Morgan fingerprint density at radius 3 is 2.63 bits per heavy atom. The van der Waals surface area contributed by atoms with Gasteiger partial charge in [-0.2, -0.15) is 0 Å². The molecule has 0 radical (unpaired) electrons. The smallest absolute Gasteiger partial charge is 0.220 e. The van der Waals surface area contributed by atoms with Crippen molar-refractivity contribution in [2.75, 3.05) is 13.7 Å². The van der Waals surface area contributed by atoms with Crippen LogP contribution in [0.1, 0.15) is 25.3 Å². The fourth-order valence-corrected chi connectivity index (χ4v) is 2.18. The quantitative estimate of drug-likeness (QED) is 0.837. The van der Waals surface area contributed by atoms with Gasteiger partial charge in [0.2, 0.25) is 5.91 Å². The van der Waals surface area contributed by atoms with Gasteiger partial charge >= 0.3 is 0 Å². The van der Waals surface area contributed by atoms with Crippen molar-refractivity contribution >= 4 is 27.6 Å². The van der Waals surface area contributed by atoms with E-state index in [4.69, 9.17) is 4.74 Å². The van der Waals surface area contributed by atoms with Gasteiger partial charge in [-0.3, -0.25) is 4.79 Å². The van der Waals surface area contributed by atoms with Crippen LogP contribution in [0.5, 0.6) is 5.75 Å². The van der Waals surface area contributed by atoms with Gasteiger partial charge < -0.3 is 14.8 Å². The summed E-state index contributed by atoms with van der Waals surface area (Å²) in [7, 11) is 1.62. The number of rotatable bonds is 7. The van der Waals surface area contributed by atoms with E-state index in [-0.39, 0.29) is 18.1 Å². The third-order valence-corrected chi connectivity index (χ3v) is 3.28. The Labute approximate surface area is 121 Å². The normalized spacial score (nSPS) is 10.1. The molecular formula is C14H18BrNO3. The van der Waals surface area contributed by atoms with Crippen molar-refractivity contribution in [3.05, 3.63) is 28.2 Å². The lowest BCUT2D eigenvalue weighted by molar-refractivity contribution is -0.124. The van der Waals surface area contributed by atoms with E-state index in [9.17, 15) is 9.59 Å². The third kappa shape index (κ3) is 5.87. The topological polar surface area (TPSA) is 55.4 Å². The van der Waals surface area contributed by atoms with Crippen LogP contribution in [-0.4, -0.2) is 25.3 Å². The minimum absolute atomic E-state index is 0.0363. The van der Waals surface area contributed by atoms with E-state index in [1.165, 1.54) is 6.92 Å². The number of amides is 1. The summed E-state index contributed by atoms with van der Waals surface area (Å²) in [6.07, 6.45) is 1.32. The van der Waals surface area contributed by atoms with Gasteiger partial charge in [0, 0.05) is 19.4 Å². The second-order valence-corrected chi connectivity index (χ2v) is 5.13. The summed E-state index contributed by atoms with van der Waals surface area (Å²) in [5.41, 5.74) is 1.11. The van der Waals surface area contributed by atoms with Gasteiger partial charge in [-0.15, -0.1) is 0 Å². The molecule has 1 rings (SSSR count). The zero-order chi connectivity index (χ0) is 14.3. The van der Waals surface area contributed by atoms with Crippen LogP contribution in [0, 0.1) is 0 Å². The summed E-state index contributed by atoms with van der Waals surface area (Å²) in [5, 5.41) is 2.80. The maximum atomic E-state index is 11.4. The molecule has 0 aliphatic rings. The Kier molecular flexibility index (Phi) is 6.56. The lowest BCUT2D eigenvalue weighted by Gasteiger charge is -2.07. The lowest BCUT2D eigenvalue weighted by atomic mass is 10.1. The van der Waals surface area contributed by atoms with E-state index < -0.39 is 0 Å². The highest BCUT2D eigenvalue weighted by Crippen LogP contribution is 2.25. The van der Waals surface area contributed by atoms with Gasteiger partial charge in [0.25, 0.3) is 0 Å². The predicted octanol–water partition coefficient (Wildman–Crippen LogP) is 2.49. The van der Waals surface area contributed by atoms with Crippen LogP contribution < -0.4 is 10.1 Å². The molecule has 1 amide bonds. The van der Waals surface area contributed by atoms with Crippen molar-refractivity contribution in [1.29, 1.82) is 0 Å². The minimum Gasteiger partial charge on any atom is -0.496 e. The summed E-state index contributed by atoms with van der Waals surface area (Å²) < 4.78 is 6.05. The van der Waals surface area contributed by atoms with Gasteiger partial charge in [-0.05, 0) is 47.0 Å². The molecule has 0 unspecified atom stereocenters. The first-order valence-corrected chi connectivity index (χ1v) is 6.90. The summed E-state index contributed by atoms with van der Waals surface area (Å²) in [6, 6.07) is 5.82. The molecule has 0 saturated carbocycles. The third-order valence-electron chi connectivity index (χ3n) is 2.66. The number of carbonyl (C=O) groups is 2. The van der Waals surface area contributed by atoms with Crippen LogP contribution in [-0.2, 0) is 16.0 Å². The highest BCUT2D eigenvalue weighted by atomic mass is 79.9. The Balaban J connectivity index is 2.35. The summed E-state index contributed by atoms with van der Waals surface area (Å²) in [5.74, 6) is 0.742. The monoisotopic (exact) mass is 327 g/mol. The van der Waals surface area contributed by atoms with E-state index in [1.807, 2.05) is 18.2 Å². The van der Waals surface area contributed by atoms with Crippen molar-refractivity contribution in [1.82, 2.24) is 5.32 Å². The number of nitrogens with one attached hydrogen (secondary N) is 1. The molecule has 0 saturated heterocycles. The molecule has 0 fully saturated rings. The van der Waals surface area contributed by atoms with Crippen LogP contribution in [0.25, 0.3) is 0 Å². The number of ether oxygens (including phenoxy) is 1. The largest absolute Gasteiger partial charge is 0.496 e. The molecule has 5 heteroatoms. The number of methoxy groups -OCH3 is 1. The van der Waals surface area contributed by atoms with Crippen LogP contribution in [0.3, 0.4) is 0 Å². The van der Waals surface area contributed by atoms with E-state index in [1.54, 1.807) is 7.11 Å². The predicted molar refractivity (Wildman–Crippen MR) is 77.3 cm³/mol. The summed E-state index contributed by atoms with van der Waals surface area (Å²) in [4.78, 5) is 22.2. The molecule has 0 aromatic heterocycles. The first kappa shape index (κ1) is 15.7. The number of halogens is 1. The van der Waals surface area contributed by atoms with Gasteiger partial charge in [-0.25, -0.2) is 0 Å². The van der Waals surface area contributed by atoms with Crippen molar-refractivity contribution in [3.8, 4) is 5.75 Å². The summed E-state index contributed by atoms with van der Waals surface area (Å²) >= 11 is 3.42. The molecule has 0 aliphatic heterocycles. The zero-order valence-electron chi connectivity index (χ0n) is 11.2. The Bertz CT molecular complexity index is 460. The average molecular weight is 328 g/mol. The number of carbonyl (C=O) groups excluding carboxylic acids is 2. The molecule has 0 aliphatic carbocycles. The zero-order valence-corrected chi connectivity index (χ0v) is 12.7. The van der Waals surface area contributed by atoms with Crippen molar-refractivity contribution in [2.45, 2.75) is 26.2 Å². The number of ketones is 1. The maximum absolute atomic E-state index is 11.4. The first-order valence-electron chi connectivity index (χ1n) is 6.11. The van der Waals surface area contributed by atoms with Gasteiger partial charge in [-0.1, -0.05) is 6.07 Å². The molecule has 0 atom stereocenters. The maximum Gasteiger partial charge on any atom is 0.220 e. The minimum atomic E-state index is -0.0808. The van der Waals surface area contributed by atoms with Crippen molar-refractivity contribution < 1.29 is 14.3 Å². The number of Topliss-reactive ketones (excluding diaryl/α,β-unsaturated/α-hetero) is 1. The van der Waals surface area contributed by atoms with Crippen LogP contribution in [0.2, 0.25) is 0 Å².